The van der Waals surface area contributed by atoms with Crippen molar-refractivity contribution >= 4 is 23.8 Å². The first-order valence-corrected chi connectivity index (χ1v) is 5.05. The molecule has 0 aliphatic carbocycles. The van der Waals surface area contributed by atoms with E-state index in [1.165, 1.54) is 13.2 Å². The van der Waals surface area contributed by atoms with Crippen LogP contribution in [0.2, 0.25) is 0 Å². The van der Waals surface area contributed by atoms with Crippen molar-refractivity contribution in [2.45, 2.75) is 6.92 Å². The molecule has 0 atom stereocenters. The Hall–Kier alpha value is -2.23. The first-order valence-electron chi connectivity index (χ1n) is 5.05. The number of hydrogen-bond acceptors (Lipinski definition) is 3. The van der Waals surface area contributed by atoms with E-state index in [1.54, 1.807) is 18.2 Å². The minimum Gasteiger partial charge on any atom is -0.495 e. The third kappa shape index (κ3) is 2.30. The fourth-order valence-corrected chi connectivity index (χ4v) is 1.63. The molecule has 0 amide bonds. The third-order valence-corrected chi connectivity index (χ3v) is 2.36. The van der Waals surface area contributed by atoms with Gasteiger partial charge < -0.3 is 15.6 Å². The summed E-state index contributed by atoms with van der Waals surface area (Å²) < 4.78 is 5.12. The number of aromatic carboxylic acids is 1. The molecule has 0 spiro atoms. The van der Waals surface area contributed by atoms with Gasteiger partial charge in [-0.1, -0.05) is 24.8 Å². The highest BCUT2D eigenvalue weighted by atomic mass is 16.5. The molecule has 0 aromatic heterocycles. The summed E-state index contributed by atoms with van der Waals surface area (Å²) in [6, 6.07) is 1.74. The highest BCUT2D eigenvalue weighted by Gasteiger charge is 2.20. The van der Waals surface area contributed by atoms with Gasteiger partial charge in [0, 0.05) is 5.56 Å². The van der Waals surface area contributed by atoms with Crippen molar-refractivity contribution in [2.24, 2.45) is 0 Å². The molecule has 3 N–H and O–H groups in total. The molecule has 0 aliphatic heterocycles. The normalized spacial score (nSPS) is 10.5. The summed E-state index contributed by atoms with van der Waals surface area (Å²) in [6.07, 6.45) is 5.08. The first kappa shape index (κ1) is 12.8. The summed E-state index contributed by atoms with van der Waals surface area (Å²) in [6.45, 7) is 5.45. The Bertz CT molecular complexity index is 490. The van der Waals surface area contributed by atoms with Gasteiger partial charge in [-0.15, -0.1) is 0 Å². The number of anilines is 1. The summed E-state index contributed by atoms with van der Waals surface area (Å²) in [7, 11) is 1.42. The third-order valence-electron chi connectivity index (χ3n) is 2.36. The predicted octanol–water partition coefficient (Wildman–Crippen LogP) is 2.65. The van der Waals surface area contributed by atoms with Gasteiger partial charge in [0.25, 0.3) is 0 Å². The fraction of sp³-hybridized carbons (Fsp3) is 0.154. The van der Waals surface area contributed by atoms with Crippen molar-refractivity contribution < 1.29 is 14.6 Å². The van der Waals surface area contributed by atoms with E-state index < -0.39 is 5.97 Å². The number of nitrogen functional groups attached to an aromatic ring is 1. The number of allylic oxidation sites excluding steroid dienone is 1. The molecule has 4 nitrogen and oxygen atoms in total. The van der Waals surface area contributed by atoms with E-state index in [1.807, 2.05) is 6.92 Å². The van der Waals surface area contributed by atoms with E-state index in [9.17, 15) is 9.90 Å². The lowest BCUT2D eigenvalue weighted by Crippen LogP contribution is -2.08. The highest BCUT2D eigenvalue weighted by Crippen LogP contribution is 2.33. The van der Waals surface area contributed by atoms with Crippen LogP contribution in [0.4, 0.5) is 5.69 Å². The zero-order chi connectivity index (χ0) is 13.0. The number of carboxylic acids is 1. The van der Waals surface area contributed by atoms with Crippen LogP contribution >= 0.6 is 0 Å². The van der Waals surface area contributed by atoms with E-state index in [0.29, 0.717) is 11.1 Å². The molecular weight excluding hydrogens is 218 g/mol. The molecule has 4 heteroatoms. The lowest BCUT2D eigenvalue weighted by molar-refractivity contribution is 0.0694. The molecule has 0 heterocycles. The number of benzene rings is 1. The number of hydrogen-bond donors (Lipinski definition) is 2. The van der Waals surface area contributed by atoms with E-state index in [4.69, 9.17) is 10.5 Å². The SMILES string of the molecule is C=Cc1cc(C=CC)c(OC)c(C(=O)O)c1N. The second-order valence-corrected chi connectivity index (χ2v) is 3.39. The average molecular weight is 233 g/mol. The second kappa shape index (κ2) is 5.21. The molecule has 0 fully saturated rings. The molecule has 0 saturated carbocycles. The minimum absolute atomic E-state index is 0.0296. The monoisotopic (exact) mass is 233 g/mol. The van der Waals surface area contributed by atoms with Crippen LogP contribution in [0.25, 0.3) is 12.2 Å². The zero-order valence-corrected chi connectivity index (χ0v) is 9.86. The smallest absolute Gasteiger partial charge is 0.341 e. The fourth-order valence-electron chi connectivity index (χ4n) is 1.63. The first-order chi connectivity index (χ1) is 8.06. The van der Waals surface area contributed by atoms with Gasteiger partial charge in [-0.3, -0.25) is 0 Å². The topological polar surface area (TPSA) is 72.5 Å². The molecule has 0 radical (unpaired) electrons. The van der Waals surface area contributed by atoms with Gasteiger partial charge in [-0.05, 0) is 18.6 Å². The van der Waals surface area contributed by atoms with E-state index in [0.717, 1.165) is 0 Å². The van der Waals surface area contributed by atoms with E-state index in [-0.39, 0.29) is 17.0 Å². The van der Waals surface area contributed by atoms with Crippen LogP contribution in [0, 0.1) is 0 Å². The van der Waals surface area contributed by atoms with Crippen molar-refractivity contribution in [1.29, 1.82) is 0 Å². The zero-order valence-electron chi connectivity index (χ0n) is 9.86. The second-order valence-electron chi connectivity index (χ2n) is 3.39. The summed E-state index contributed by atoms with van der Waals surface area (Å²) in [4.78, 5) is 11.2. The van der Waals surface area contributed by atoms with Gasteiger partial charge in [0.15, 0.2) is 0 Å². The molecule has 90 valence electrons. The van der Waals surface area contributed by atoms with Crippen molar-refractivity contribution in [2.75, 3.05) is 12.8 Å². The van der Waals surface area contributed by atoms with Crippen LogP contribution in [0.5, 0.6) is 5.75 Å². The Morgan fingerprint density at radius 3 is 2.59 bits per heavy atom. The molecule has 1 rings (SSSR count). The predicted molar refractivity (Wildman–Crippen MR) is 69.2 cm³/mol. The van der Waals surface area contributed by atoms with Gasteiger partial charge in [0.1, 0.15) is 11.3 Å². The van der Waals surface area contributed by atoms with Crippen LogP contribution in [0.1, 0.15) is 28.4 Å². The number of carbonyl (C=O) groups is 1. The Labute approximate surface area is 100 Å². The van der Waals surface area contributed by atoms with E-state index >= 15 is 0 Å². The number of rotatable bonds is 4. The van der Waals surface area contributed by atoms with Crippen LogP contribution in [-0.2, 0) is 0 Å². The Morgan fingerprint density at radius 1 is 1.53 bits per heavy atom. The molecule has 0 saturated heterocycles. The summed E-state index contributed by atoms with van der Waals surface area (Å²) in [5, 5.41) is 9.17. The largest absolute Gasteiger partial charge is 0.495 e. The van der Waals surface area contributed by atoms with Gasteiger partial charge in [0.05, 0.1) is 12.8 Å². The van der Waals surface area contributed by atoms with Crippen molar-refractivity contribution in [3.05, 3.63) is 35.4 Å². The maximum atomic E-state index is 11.2. The molecule has 1 aromatic carbocycles. The van der Waals surface area contributed by atoms with Crippen LogP contribution in [0.3, 0.4) is 0 Å². The van der Waals surface area contributed by atoms with Gasteiger partial charge >= 0.3 is 5.97 Å². The summed E-state index contributed by atoms with van der Waals surface area (Å²) in [5.41, 5.74) is 7.16. The molecule has 1 aromatic rings. The maximum Gasteiger partial charge on any atom is 0.341 e. The Kier molecular flexibility index (Phi) is 3.93. The standard InChI is InChI=1S/C13H15NO3/c1-4-6-9-7-8(5-2)11(14)10(13(15)16)12(9)17-3/h4-7H,2,14H2,1,3H3,(H,15,16). The number of carboxylic acid groups (broad SMARTS) is 1. The molecule has 0 bridgehead atoms. The van der Waals surface area contributed by atoms with Crippen molar-refractivity contribution in [3.8, 4) is 5.75 Å². The van der Waals surface area contributed by atoms with Crippen molar-refractivity contribution in [1.82, 2.24) is 0 Å². The molecular formula is C13H15NO3. The van der Waals surface area contributed by atoms with Gasteiger partial charge in [-0.25, -0.2) is 4.79 Å². The quantitative estimate of drug-likeness (QED) is 0.784. The number of methoxy groups -OCH3 is 1. The lowest BCUT2D eigenvalue weighted by Gasteiger charge is -2.13. The molecule has 0 unspecified atom stereocenters. The lowest BCUT2D eigenvalue weighted by atomic mass is 10.0. The number of nitrogens with two attached hydrogens (primary N) is 1. The van der Waals surface area contributed by atoms with Crippen molar-refractivity contribution in [3.63, 3.8) is 0 Å². The highest BCUT2D eigenvalue weighted by molar-refractivity contribution is 6.00. The average Bonchev–Trinajstić information content (AvgIpc) is 2.30. The summed E-state index contributed by atoms with van der Waals surface area (Å²) >= 11 is 0. The maximum absolute atomic E-state index is 11.2. The van der Waals surface area contributed by atoms with Gasteiger partial charge in [-0.2, -0.15) is 0 Å². The summed E-state index contributed by atoms with van der Waals surface area (Å²) in [5.74, 6) is -0.854. The number of ether oxygens (including phenoxy) is 1. The minimum atomic E-state index is -1.12. The van der Waals surface area contributed by atoms with Gasteiger partial charge in [0.2, 0.25) is 0 Å². The van der Waals surface area contributed by atoms with Crippen LogP contribution < -0.4 is 10.5 Å². The van der Waals surface area contributed by atoms with E-state index in [2.05, 4.69) is 6.58 Å². The Balaban J connectivity index is 3.69. The van der Waals surface area contributed by atoms with Crippen LogP contribution in [0.15, 0.2) is 18.7 Å². The Morgan fingerprint density at radius 2 is 2.18 bits per heavy atom. The van der Waals surface area contributed by atoms with Crippen LogP contribution in [-0.4, -0.2) is 18.2 Å². The molecule has 0 aliphatic rings. The molecule has 17 heavy (non-hydrogen) atoms.